The van der Waals surface area contributed by atoms with Crippen molar-refractivity contribution in [3.05, 3.63) is 11.6 Å². The SMILES string of the molecule is CCCCCC(=O)C1=CC(=O)NC1=O. The van der Waals surface area contributed by atoms with Crippen molar-refractivity contribution in [3.8, 4) is 0 Å². The van der Waals surface area contributed by atoms with Gasteiger partial charge in [-0.3, -0.25) is 19.7 Å². The van der Waals surface area contributed by atoms with Crippen molar-refractivity contribution in [2.24, 2.45) is 0 Å². The number of amides is 2. The van der Waals surface area contributed by atoms with Crippen molar-refractivity contribution in [2.75, 3.05) is 0 Å². The lowest BCUT2D eigenvalue weighted by atomic mass is 10.1. The van der Waals surface area contributed by atoms with Gasteiger partial charge in [-0.05, 0) is 6.42 Å². The lowest BCUT2D eigenvalue weighted by Crippen LogP contribution is -2.24. The minimum Gasteiger partial charge on any atom is -0.294 e. The molecule has 1 aliphatic heterocycles. The summed E-state index contributed by atoms with van der Waals surface area (Å²) in [6, 6.07) is 0. The monoisotopic (exact) mass is 195 g/mol. The third kappa shape index (κ3) is 2.52. The van der Waals surface area contributed by atoms with Gasteiger partial charge in [0.05, 0.1) is 5.57 Å². The quantitative estimate of drug-likeness (QED) is 0.399. The number of carbonyl (C=O) groups excluding carboxylic acids is 3. The van der Waals surface area contributed by atoms with E-state index < -0.39 is 11.8 Å². The van der Waals surface area contributed by atoms with Crippen molar-refractivity contribution < 1.29 is 14.4 Å². The van der Waals surface area contributed by atoms with E-state index in [0.717, 1.165) is 25.3 Å². The molecule has 0 aromatic carbocycles. The fourth-order valence-electron chi connectivity index (χ4n) is 1.29. The summed E-state index contributed by atoms with van der Waals surface area (Å²) >= 11 is 0. The van der Waals surface area contributed by atoms with Crippen LogP contribution in [0.3, 0.4) is 0 Å². The van der Waals surface area contributed by atoms with Gasteiger partial charge in [-0.1, -0.05) is 19.8 Å². The van der Waals surface area contributed by atoms with Gasteiger partial charge in [0, 0.05) is 12.5 Å². The predicted octanol–water partition coefficient (Wildman–Crippen LogP) is 0.719. The minimum atomic E-state index is -0.559. The average Bonchev–Trinajstić information content (AvgIpc) is 2.45. The van der Waals surface area contributed by atoms with Crippen LogP contribution >= 0.6 is 0 Å². The Bertz CT molecular complexity index is 304. The maximum Gasteiger partial charge on any atom is 0.261 e. The Hall–Kier alpha value is -1.45. The first-order valence-corrected chi connectivity index (χ1v) is 4.75. The van der Waals surface area contributed by atoms with E-state index in [-0.39, 0.29) is 11.4 Å². The van der Waals surface area contributed by atoms with Gasteiger partial charge in [0.25, 0.3) is 11.8 Å². The van der Waals surface area contributed by atoms with E-state index in [1.807, 2.05) is 12.2 Å². The van der Waals surface area contributed by atoms with Gasteiger partial charge in [-0.25, -0.2) is 0 Å². The van der Waals surface area contributed by atoms with E-state index in [9.17, 15) is 14.4 Å². The maximum atomic E-state index is 11.4. The summed E-state index contributed by atoms with van der Waals surface area (Å²) in [7, 11) is 0. The van der Waals surface area contributed by atoms with E-state index in [1.165, 1.54) is 0 Å². The summed E-state index contributed by atoms with van der Waals surface area (Å²) in [5.74, 6) is -1.29. The first-order chi connectivity index (χ1) is 6.65. The molecule has 0 aromatic heterocycles. The Morgan fingerprint density at radius 2 is 2.07 bits per heavy atom. The molecule has 0 spiro atoms. The number of nitrogens with one attached hydrogen (secondary N) is 1. The summed E-state index contributed by atoms with van der Waals surface area (Å²) in [6.45, 7) is 2.04. The number of hydrogen-bond donors (Lipinski definition) is 1. The highest BCUT2D eigenvalue weighted by Gasteiger charge is 2.25. The second-order valence-corrected chi connectivity index (χ2v) is 3.26. The van der Waals surface area contributed by atoms with Gasteiger partial charge >= 0.3 is 0 Å². The van der Waals surface area contributed by atoms with E-state index in [0.29, 0.717) is 6.42 Å². The van der Waals surface area contributed by atoms with Crippen molar-refractivity contribution in [3.63, 3.8) is 0 Å². The lowest BCUT2D eigenvalue weighted by Gasteiger charge is -1.98. The smallest absolute Gasteiger partial charge is 0.261 e. The zero-order valence-corrected chi connectivity index (χ0v) is 8.13. The molecule has 0 bridgehead atoms. The molecule has 0 saturated carbocycles. The second kappa shape index (κ2) is 4.69. The second-order valence-electron chi connectivity index (χ2n) is 3.26. The summed E-state index contributed by atoms with van der Waals surface area (Å²) in [6.07, 6.45) is 4.19. The molecule has 76 valence electrons. The fourth-order valence-corrected chi connectivity index (χ4v) is 1.29. The molecule has 0 aromatic rings. The number of unbranched alkanes of at least 4 members (excludes halogenated alkanes) is 2. The van der Waals surface area contributed by atoms with Crippen LogP contribution in [0.15, 0.2) is 11.6 Å². The Labute approximate surface area is 82.4 Å². The highest BCUT2D eigenvalue weighted by Crippen LogP contribution is 2.09. The van der Waals surface area contributed by atoms with Crippen LogP contribution in [-0.2, 0) is 14.4 Å². The Balaban J connectivity index is 2.49. The van der Waals surface area contributed by atoms with Crippen LogP contribution in [-0.4, -0.2) is 17.6 Å². The number of hydrogen-bond acceptors (Lipinski definition) is 3. The molecule has 0 radical (unpaired) electrons. The van der Waals surface area contributed by atoms with Gasteiger partial charge in [0.15, 0.2) is 5.78 Å². The number of ketones is 1. The van der Waals surface area contributed by atoms with Crippen molar-refractivity contribution in [2.45, 2.75) is 32.6 Å². The number of imide groups is 1. The van der Waals surface area contributed by atoms with E-state index >= 15 is 0 Å². The third-order valence-corrected chi connectivity index (χ3v) is 2.06. The largest absolute Gasteiger partial charge is 0.294 e. The average molecular weight is 195 g/mol. The Morgan fingerprint density at radius 3 is 2.57 bits per heavy atom. The molecule has 1 rings (SSSR count). The first kappa shape index (κ1) is 10.6. The standard InChI is InChI=1S/C10H13NO3/c1-2-3-4-5-8(12)7-6-9(13)11-10(7)14/h6H,2-5H2,1H3,(H,11,13,14). The van der Waals surface area contributed by atoms with Gasteiger partial charge < -0.3 is 0 Å². The minimum absolute atomic E-state index is 0.00565. The fraction of sp³-hybridized carbons (Fsp3) is 0.500. The van der Waals surface area contributed by atoms with Gasteiger partial charge in [0.2, 0.25) is 0 Å². The molecule has 0 atom stereocenters. The summed E-state index contributed by atoms with van der Waals surface area (Å²) in [5.41, 5.74) is 0.00565. The molecule has 2 amide bonds. The molecular weight excluding hydrogens is 182 g/mol. The molecule has 14 heavy (non-hydrogen) atoms. The zero-order valence-electron chi connectivity index (χ0n) is 8.13. The molecule has 1 heterocycles. The Morgan fingerprint density at radius 1 is 1.36 bits per heavy atom. The van der Waals surface area contributed by atoms with Gasteiger partial charge in [0.1, 0.15) is 0 Å². The molecule has 0 unspecified atom stereocenters. The van der Waals surface area contributed by atoms with Crippen LogP contribution in [0.4, 0.5) is 0 Å². The molecule has 1 aliphatic rings. The molecule has 0 fully saturated rings. The highest BCUT2D eigenvalue weighted by atomic mass is 16.2. The van der Waals surface area contributed by atoms with Crippen LogP contribution in [0.2, 0.25) is 0 Å². The lowest BCUT2D eigenvalue weighted by molar-refractivity contribution is -0.125. The number of Topliss-reactive ketones (excluding diaryl/α,β-unsaturated/α-hetero) is 1. The summed E-state index contributed by atoms with van der Waals surface area (Å²) in [4.78, 5) is 33.2. The number of carbonyl (C=O) groups is 3. The summed E-state index contributed by atoms with van der Waals surface area (Å²) < 4.78 is 0. The number of rotatable bonds is 5. The van der Waals surface area contributed by atoms with Gasteiger partial charge in [-0.2, -0.15) is 0 Å². The maximum absolute atomic E-state index is 11.4. The van der Waals surface area contributed by atoms with E-state index in [1.54, 1.807) is 0 Å². The van der Waals surface area contributed by atoms with Crippen molar-refractivity contribution in [1.29, 1.82) is 0 Å². The molecule has 4 nitrogen and oxygen atoms in total. The Kier molecular flexibility index (Phi) is 3.56. The summed E-state index contributed by atoms with van der Waals surface area (Å²) in [5, 5.41) is 2.05. The van der Waals surface area contributed by atoms with Crippen LogP contribution in [0.5, 0.6) is 0 Å². The first-order valence-electron chi connectivity index (χ1n) is 4.75. The normalized spacial score (nSPS) is 15.4. The predicted molar refractivity (Wildman–Crippen MR) is 50.4 cm³/mol. The molecule has 1 N–H and O–H groups in total. The van der Waals surface area contributed by atoms with Crippen LogP contribution in [0.25, 0.3) is 0 Å². The third-order valence-electron chi connectivity index (χ3n) is 2.06. The van der Waals surface area contributed by atoms with Crippen LogP contribution in [0, 0.1) is 0 Å². The topological polar surface area (TPSA) is 63.2 Å². The highest BCUT2D eigenvalue weighted by molar-refractivity contribution is 6.30. The van der Waals surface area contributed by atoms with Crippen LogP contribution < -0.4 is 5.32 Å². The van der Waals surface area contributed by atoms with Crippen molar-refractivity contribution in [1.82, 2.24) is 5.32 Å². The molecule has 0 aliphatic carbocycles. The molecule has 0 saturated heterocycles. The van der Waals surface area contributed by atoms with Crippen molar-refractivity contribution >= 4 is 17.6 Å². The van der Waals surface area contributed by atoms with E-state index in [2.05, 4.69) is 0 Å². The molecular formula is C10H13NO3. The molecule has 4 heteroatoms. The van der Waals surface area contributed by atoms with Crippen LogP contribution in [0.1, 0.15) is 32.6 Å². The van der Waals surface area contributed by atoms with E-state index in [4.69, 9.17) is 0 Å². The zero-order chi connectivity index (χ0) is 10.6. The van der Waals surface area contributed by atoms with Gasteiger partial charge in [-0.15, -0.1) is 0 Å².